The van der Waals surface area contributed by atoms with Crippen LogP contribution >= 0.6 is 11.6 Å². The molecule has 174 valence electrons. The van der Waals surface area contributed by atoms with Crippen molar-refractivity contribution in [2.24, 2.45) is 0 Å². The Bertz CT molecular complexity index is 1440. The van der Waals surface area contributed by atoms with Crippen molar-refractivity contribution in [3.63, 3.8) is 0 Å². The number of halogens is 1. The van der Waals surface area contributed by atoms with Crippen LogP contribution in [0.5, 0.6) is 0 Å². The number of carbonyl (C=O) groups excluding carboxylic acids is 1. The fraction of sp³-hybridized carbons (Fsp3) is 0.0769. The molecule has 8 nitrogen and oxygen atoms in total. The van der Waals surface area contributed by atoms with Crippen LogP contribution in [-0.4, -0.2) is 20.6 Å². The molecule has 0 radical (unpaired) electrons. The van der Waals surface area contributed by atoms with Crippen molar-refractivity contribution >= 4 is 34.7 Å². The van der Waals surface area contributed by atoms with Crippen LogP contribution in [0.3, 0.4) is 0 Å². The van der Waals surface area contributed by atoms with Gasteiger partial charge in [0.1, 0.15) is 11.9 Å². The average molecular weight is 486 g/mol. The number of nitrogens with zero attached hydrogens (tertiary/aromatic N) is 3. The Morgan fingerprint density at radius 2 is 1.74 bits per heavy atom. The first-order valence-electron chi connectivity index (χ1n) is 10.8. The molecular weight excluding hydrogens is 466 g/mol. The van der Waals surface area contributed by atoms with Gasteiger partial charge in [-0.25, -0.2) is 4.68 Å². The predicted molar refractivity (Wildman–Crippen MR) is 135 cm³/mol. The van der Waals surface area contributed by atoms with Crippen LogP contribution in [0.25, 0.3) is 11.3 Å². The number of benzene rings is 3. The summed E-state index contributed by atoms with van der Waals surface area (Å²) in [5, 5.41) is 22.8. The molecular formula is C26H20ClN5O3. The number of hydrogen-bond donors (Lipinski definition) is 2. The van der Waals surface area contributed by atoms with Crippen LogP contribution in [0.2, 0.25) is 5.02 Å². The summed E-state index contributed by atoms with van der Waals surface area (Å²) in [6.45, 7) is 1.83. The van der Waals surface area contributed by atoms with E-state index in [-0.39, 0.29) is 11.6 Å². The van der Waals surface area contributed by atoms with Crippen LogP contribution < -0.4 is 10.6 Å². The van der Waals surface area contributed by atoms with Gasteiger partial charge in [-0.05, 0) is 48.9 Å². The van der Waals surface area contributed by atoms with Gasteiger partial charge in [0.25, 0.3) is 11.6 Å². The number of aromatic nitrogens is 2. The molecule has 0 aliphatic carbocycles. The summed E-state index contributed by atoms with van der Waals surface area (Å²) in [6, 6.07) is 24.1. The fourth-order valence-electron chi connectivity index (χ4n) is 4.13. The minimum atomic E-state index is -0.600. The number of carbonyl (C=O) groups is 1. The average Bonchev–Trinajstić information content (AvgIpc) is 3.29. The summed E-state index contributed by atoms with van der Waals surface area (Å²) >= 11 is 5.98. The van der Waals surface area contributed by atoms with E-state index in [1.54, 1.807) is 41.1 Å². The second-order valence-corrected chi connectivity index (χ2v) is 8.54. The van der Waals surface area contributed by atoms with Crippen LogP contribution in [0.4, 0.5) is 17.2 Å². The summed E-state index contributed by atoms with van der Waals surface area (Å²) in [4.78, 5) is 24.3. The molecule has 0 fully saturated rings. The summed E-state index contributed by atoms with van der Waals surface area (Å²) in [7, 11) is 0. The molecule has 1 aliphatic rings. The lowest BCUT2D eigenvalue weighted by atomic mass is 9.94. The highest BCUT2D eigenvalue weighted by molar-refractivity contribution is 6.30. The first-order chi connectivity index (χ1) is 16.9. The maximum atomic E-state index is 13.5. The number of non-ortho nitro benzene ring substituents is 1. The van der Waals surface area contributed by atoms with Crippen LogP contribution in [0.15, 0.2) is 96.2 Å². The monoisotopic (exact) mass is 485 g/mol. The number of nitrogens with one attached hydrogen (secondary N) is 2. The van der Waals surface area contributed by atoms with Crippen molar-refractivity contribution in [2.75, 3.05) is 10.6 Å². The summed E-state index contributed by atoms with van der Waals surface area (Å²) in [5.41, 5.74) is 4.05. The summed E-state index contributed by atoms with van der Waals surface area (Å²) < 4.78 is 1.74. The van der Waals surface area contributed by atoms with Crippen LogP contribution in [-0.2, 0) is 4.79 Å². The topological polar surface area (TPSA) is 102 Å². The van der Waals surface area contributed by atoms with Gasteiger partial charge in [0.2, 0.25) is 0 Å². The van der Waals surface area contributed by atoms with E-state index in [1.807, 2.05) is 43.3 Å². The molecule has 4 aromatic rings. The number of hydrogen-bond acceptors (Lipinski definition) is 5. The van der Waals surface area contributed by atoms with E-state index in [9.17, 15) is 14.9 Å². The summed E-state index contributed by atoms with van der Waals surface area (Å²) in [6.07, 6.45) is 0. The first-order valence-corrected chi connectivity index (χ1v) is 11.2. The second kappa shape index (κ2) is 9.08. The zero-order chi connectivity index (χ0) is 24.5. The molecule has 0 saturated carbocycles. The van der Waals surface area contributed by atoms with E-state index in [2.05, 4.69) is 10.6 Å². The lowest BCUT2D eigenvalue weighted by Crippen LogP contribution is -2.31. The molecule has 1 unspecified atom stereocenters. The van der Waals surface area contributed by atoms with Crippen molar-refractivity contribution in [1.29, 1.82) is 0 Å². The Labute approximate surface area is 206 Å². The maximum Gasteiger partial charge on any atom is 0.269 e. The van der Waals surface area contributed by atoms with Gasteiger partial charge in [0, 0.05) is 40.2 Å². The number of amides is 1. The molecule has 1 atom stereocenters. The molecule has 3 aromatic carbocycles. The molecule has 1 aromatic heterocycles. The second-order valence-electron chi connectivity index (χ2n) is 8.10. The van der Waals surface area contributed by atoms with Crippen molar-refractivity contribution in [3.8, 4) is 11.3 Å². The quantitative estimate of drug-likeness (QED) is 0.265. The number of nitro benzene ring substituents is 1. The fourth-order valence-corrected chi connectivity index (χ4v) is 4.26. The van der Waals surface area contributed by atoms with E-state index < -0.39 is 11.0 Å². The van der Waals surface area contributed by atoms with E-state index in [0.717, 1.165) is 11.3 Å². The minimum Gasteiger partial charge on any atom is -0.344 e. The predicted octanol–water partition coefficient (Wildman–Crippen LogP) is 6.04. The molecule has 9 heteroatoms. The van der Waals surface area contributed by atoms with Crippen molar-refractivity contribution in [3.05, 3.63) is 117 Å². The molecule has 5 rings (SSSR count). The minimum absolute atomic E-state index is 0.0267. The Kier molecular flexibility index (Phi) is 5.80. The molecule has 1 aliphatic heterocycles. The summed E-state index contributed by atoms with van der Waals surface area (Å²) in [5.74, 6) is 0.399. The zero-order valence-electron chi connectivity index (χ0n) is 18.6. The molecule has 35 heavy (non-hydrogen) atoms. The third kappa shape index (κ3) is 4.39. The number of allylic oxidation sites excluding steroid dienone is 1. The Morgan fingerprint density at radius 1 is 1.06 bits per heavy atom. The maximum absolute atomic E-state index is 13.5. The van der Waals surface area contributed by atoms with E-state index in [0.29, 0.717) is 33.4 Å². The molecule has 2 N–H and O–H groups in total. The molecule has 1 amide bonds. The molecule has 0 spiro atoms. The van der Waals surface area contributed by atoms with Crippen LogP contribution in [0.1, 0.15) is 18.5 Å². The third-order valence-corrected chi connectivity index (χ3v) is 6.06. The van der Waals surface area contributed by atoms with Gasteiger partial charge >= 0.3 is 0 Å². The van der Waals surface area contributed by atoms with E-state index in [1.165, 1.54) is 12.1 Å². The number of nitro groups is 1. The Balaban J connectivity index is 1.59. The highest BCUT2D eigenvalue weighted by Gasteiger charge is 2.34. The number of fused-ring (bicyclic) bond motifs is 1. The van der Waals surface area contributed by atoms with Crippen molar-refractivity contribution in [1.82, 2.24) is 9.78 Å². The number of rotatable bonds is 5. The van der Waals surface area contributed by atoms with E-state index >= 15 is 0 Å². The number of anilines is 2. The Hall–Kier alpha value is -4.43. The normalized spacial score (nSPS) is 14.7. The Morgan fingerprint density at radius 3 is 2.40 bits per heavy atom. The van der Waals surface area contributed by atoms with Gasteiger partial charge in [0.15, 0.2) is 0 Å². The standard InChI is InChI=1S/C26H20ClN5O3/c1-16-24(26(33)29-20-11-9-19(27)10-12-20)25(18-7-13-21(14-8-18)32(34)35)31-23(28-16)15-22(30-31)17-5-3-2-4-6-17/h2-15,25,28H,1H3,(H,29,33). The van der Waals surface area contributed by atoms with Gasteiger partial charge in [-0.15, -0.1) is 0 Å². The van der Waals surface area contributed by atoms with Gasteiger partial charge in [-0.1, -0.05) is 41.9 Å². The lowest BCUT2D eigenvalue weighted by Gasteiger charge is -2.29. The van der Waals surface area contributed by atoms with Gasteiger partial charge in [-0.3, -0.25) is 14.9 Å². The highest BCUT2D eigenvalue weighted by atomic mass is 35.5. The van der Waals surface area contributed by atoms with Gasteiger partial charge < -0.3 is 10.6 Å². The third-order valence-electron chi connectivity index (χ3n) is 5.81. The first kappa shape index (κ1) is 22.4. The molecule has 0 saturated heterocycles. The van der Waals surface area contributed by atoms with Crippen LogP contribution in [0, 0.1) is 10.1 Å². The smallest absolute Gasteiger partial charge is 0.269 e. The van der Waals surface area contributed by atoms with Crippen molar-refractivity contribution < 1.29 is 9.72 Å². The SMILES string of the molecule is CC1=C(C(=O)Nc2ccc(Cl)cc2)C(c2ccc([N+](=O)[O-])cc2)n2nc(-c3ccccc3)cc2N1. The van der Waals surface area contributed by atoms with Crippen molar-refractivity contribution in [2.45, 2.75) is 13.0 Å². The van der Waals surface area contributed by atoms with Gasteiger partial charge in [-0.2, -0.15) is 5.10 Å². The highest BCUT2D eigenvalue weighted by Crippen LogP contribution is 2.38. The molecule has 2 heterocycles. The lowest BCUT2D eigenvalue weighted by molar-refractivity contribution is -0.384. The van der Waals surface area contributed by atoms with E-state index in [4.69, 9.17) is 16.7 Å². The van der Waals surface area contributed by atoms with Gasteiger partial charge in [0.05, 0.1) is 16.2 Å². The zero-order valence-corrected chi connectivity index (χ0v) is 19.4. The molecule has 0 bridgehead atoms. The largest absolute Gasteiger partial charge is 0.344 e.